The Bertz CT molecular complexity index is 848. The molecule has 2 heterocycles. The van der Waals surface area contributed by atoms with Crippen LogP contribution in [0.15, 0.2) is 76.8 Å². The molecule has 134 valence electrons. The van der Waals surface area contributed by atoms with Crippen LogP contribution >= 0.6 is 11.3 Å². The average molecular weight is 362 g/mol. The average Bonchev–Trinajstić information content (AvgIpc) is 3.32. The van der Waals surface area contributed by atoms with Crippen LogP contribution in [0.2, 0.25) is 0 Å². The number of hydrogen-bond donors (Lipinski definition) is 0. The van der Waals surface area contributed by atoms with Crippen LogP contribution in [0.1, 0.15) is 42.7 Å². The van der Waals surface area contributed by atoms with Crippen LogP contribution in [0, 0.1) is 12.8 Å². The number of unbranched alkanes of at least 4 members (excludes halogenated alkanes) is 1. The number of fused-ring (bicyclic) bond motifs is 1. The van der Waals surface area contributed by atoms with Crippen molar-refractivity contribution in [1.29, 1.82) is 0 Å². The Labute approximate surface area is 161 Å². The van der Waals surface area contributed by atoms with Gasteiger partial charge in [-0.05, 0) is 35.9 Å². The van der Waals surface area contributed by atoms with Crippen molar-refractivity contribution in [2.24, 2.45) is 10.9 Å². The number of benzene rings is 1. The number of thiophene rings is 1. The molecule has 1 aromatic carbocycles. The molecule has 1 aromatic heterocycles. The highest BCUT2D eigenvalue weighted by atomic mass is 32.1. The van der Waals surface area contributed by atoms with Gasteiger partial charge < -0.3 is 0 Å². The van der Waals surface area contributed by atoms with Crippen molar-refractivity contribution in [2.75, 3.05) is 0 Å². The smallest absolute Gasteiger partial charge is 0.0552 e. The van der Waals surface area contributed by atoms with E-state index in [2.05, 4.69) is 80.8 Å². The molecule has 1 atom stereocenters. The van der Waals surface area contributed by atoms with Crippen molar-refractivity contribution < 1.29 is 0 Å². The highest BCUT2D eigenvalue weighted by Gasteiger charge is 2.28. The Morgan fingerprint density at radius 3 is 2.62 bits per heavy atom. The zero-order valence-corrected chi connectivity index (χ0v) is 16.7. The number of allylic oxidation sites excluding steroid dienone is 5. The Balaban J connectivity index is 0.000000447. The van der Waals surface area contributed by atoms with Gasteiger partial charge in [0.2, 0.25) is 0 Å². The summed E-state index contributed by atoms with van der Waals surface area (Å²) in [5.41, 5.74) is 6.55. The first-order chi connectivity index (χ1) is 12.7. The maximum atomic E-state index is 4.74. The highest BCUT2D eigenvalue weighted by molar-refractivity contribution is 7.11. The molecule has 0 fully saturated rings. The van der Waals surface area contributed by atoms with Crippen LogP contribution in [0.4, 0.5) is 0 Å². The summed E-state index contributed by atoms with van der Waals surface area (Å²) in [6.07, 6.45) is 12.3. The normalized spacial score (nSPS) is 17.7. The van der Waals surface area contributed by atoms with E-state index >= 15 is 0 Å². The van der Waals surface area contributed by atoms with Gasteiger partial charge in [0.25, 0.3) is 0 Å². The Kier molecular flexibility index (Phi) is 6.40. The summed E-state index contributed by atoms with van der Waals surface area (Å²) in [7, 11) is 0. The number of hydrogen-bond acceptors (Lipinski definition) is 2. The quantitative estimate of drug-likeness (QED) is 0.555. The second kappa shape index (κ2) is 8.95. The third-order valence-corrected chi connectivity index (χ3v) is 5.60. The van der Waals surface area contributed by atoms with E-state index in [0.29, 0.717) is 5.92 Å². The first-order valence-corrected chi connectivity index (χ1v) is 10.4. The van der Waals surface area contributed by atoms with Gasteiger partial charge in [-0.15, -0.1) is 11.3 Å². The molecule has 1 aliphatic carbocycles. The number of aliphatic imine (C=N–C) groups is 1. The highest BCUT2D eigenvalue weighted by Crippen LogP contribution is 2.37. The summed E-state index contributed by atoms with van der Waals surface area (Å²) in [5, 5.41) is 2.13. The fourth-order valence-electron chi connectivity index (χ4n) is 3.14. The molecule has 0 radical (unpaired) electrons. The first kappa shape index (κ1) is 18.6. The Morgan fingerprint density at radius 1 is 1.08 bits per heavy atom. The minimum absolute atomic E-state index is 0.323. The number of rotatable bonds is 4. The molecule has 0 amide bonds. The lowest BCUT2D eigenvalue weighted by Gasteiger charge is -2.19. The molecule has 26 heavy (non-hydrogen) atoms. The molecule has 1 nitrogen and oxygen atoms in total. The molecule has 2 aromatic rings. The molecule has 2 heteroatoms. The SMILES string of the molecule is CCCC.Cc1cccc(CC2=CC=CC3C(c4cccs4)=CN=C23)c1. The van der Waals surface area contributed by atoms with Crippen LogP contribution in [-0.4, -0.2) is 5.71 Å². The van der Waals surface area contributed by atoms with Gasteiger partial charge in [-0.3, -0.25) is 4.99 Å². The van der Waals surface area contributed by atoms with Crippen LogP contribution in [-0.2, 0) is 6.42 Å². The van der Waals surface area contributed by atoms with Crippen molar-refractivity contribution in [3.8, 4) is 0 Å². The third-order valence-electron chi connectivity index (χ3n) is 4.69. The van der Waals surface area contributed by atoms with Crippen LogP contribution in [0.3, 0.4) is 0 Å². The Hall–Kier alpha value is -2.19. The lowest BCUT2D eigenvalue weighted by atomic mass is 9.85. The van der Waals surface area contributed by atoms with Crippen LogP contribution < -0.4 is 0 Å². The summed E-state index contributed by atoms with van der Waals surface area (Å²) in [6, 6.07) is 13.0. The lowest BCUT2D eigenvalue weighted by Crippen LogP contribution is -2.17. The second-order valence-corrected chi connectivity index (χ2v) is 7.74. The van der Waals surface area contributed by atoms with E-state index in [0.717, 1.165) is 6.42 Å². The molecule has 0 bridgehead atoms. The van der Waals surface area contributed by atoms with Gasteiger partial charge in [0.15, 0.2) is 0 Å². The molecular weight excluding hydrogens is 334 g/mol. The predicted molar refractivity (Wildman–Crippen MR) is 116 cm³/mol. The second-order valence-electron chi connectivity index (χ2n) is 6.80. The van der Waals surface area contributed by atoms with Gasteiger partial charge in [-0.2, -0.15) is 0 Å². The van der Waals surface area contributed by atoms with Crippen molar-refractivity contribution in [3.05, 3.63) is 87.8 Å². The summed E-state index contributed by atoms with van der Waals surface area (Å²) in [6.45, 7) is 6.50. The van der Waals surface area contributed by atoms with E-state index < -0.39 is 0 Å². The van der Waals surface area contributed by atoms with Crippen molar-refractivity contribution in [3.63, 3.8) is 0 Å². The van der Waals surface area contributed by atoms with E-state index in [1.807, 2.05) is 6.20 Å². The molecular formula is C24H27NS. The van der Waals surface area contributed by atoms with Gasteiger partial charge in [-0.25, -0.2) is 0 Å². The fraction of sp³-hybridized carbons (Fsp3) is 0.292. The molecule has 0 saturated heterocycles. The Morgan fingerprint density at radius 2 is 1.92 bits per heavy atom. The first-order valence-electron chi connectivity index (χ1n) is 9.47. The lowest BCUT2D eigenvalue weighted by molar-refractivity contribution is 0.886. The van der Waals surface area contributed by atoms with E-state index in [4.69, 9.17) is 4.99 Å². The molecule has 0 N–H and O–H groups in total. The molecule has 2 aliphatic rings. The third kappa shape index (κ3) is 4.31. The van der Waals surface area contributed by atoms with Crippen molar-refractivity contribution in [2.45, 2.75) is 40.0 Å². The maximum absolute atomic E-state index is 4.74. The summed E-state index contributed by atoms with van der Waals surface area (Å²) in [4.78, 5) is 6.06. The van der Waals surface area contributed by atoms with Crippen molar-refractivity contribution >= 4 is 22.6 Å². The van der Waals surface area contributed by atoms with Gasteiger partial charge in [0.05, 0.1) is 5.71 Å². The predicted octanol–water partition coefficient (Wildman–Crippen LogP) is 7.01. The van der Waals surface area contributed by atoms with Gasteiger partial charge in [-0.1, -0.05) is 80.8 Å². The zero-order valence-electron chi connectivity index (χ0n) is 15.9. The van der Waals surface area contributed by atoms with E-state index in [1.165, 1.54) is 45.7 Å². The molecule has 0 spiro atoms. The molecule has 0 saturated carbocycles. The van der Waals surface area contributed by atoms with Gasteiger partial charge in [0, 0.05) is 22.6 Å². The minimum atomic E-state index is 0.323. The summed E-state index contributed by atoms with van der Waals surface area (Å²) < 4.78 is 0. The minimum Gasteiger partial charge on any atom is -0.260 e. The topological polar surface area (TPSA) is 12.4 Å². The number of aryl methyl sites for hydroxylation is 1. The van der Waals surface area contributed by atoms with E-state index in [1.54, 1.807) is 11.3 Å². The van der Waals surface area contributed by atoms with E-state index in [9.17, 15) is 0 Å². The van der Waals surface area contributed by atoms with E-state index in [-0.39, 0.29) is 0 Å². The zero-order chi connectivity index (χ0) is 18.4. The van der Waals surface area contributed by atoms with Gasteiger partial charge >= 0.3 is 0 Å². The van der Waals surface area contributed by atoms with Crippen LogP contribution in [0.25, 0.3) is 5.57 Å². The summed E-state index contributed by atoms with van der Waals surface area (Å²) in [5.74, 6) is 0.323. The summed E-state index contributed by atoms with van der Waals surface area (Å²) >= 11 is 1.79. The molecule has 1 unspecified atom stereocenters. The number of nitrogens with zero attached hydrogens (tertiary/aromatic N) is 1. The fourth-order valence-corrected chi connectivity index (χ4v) is 3.92. The monoisotopic (exact) mass is 361 g/mol. The standard InChI is InChI=1S/C20H17NS.C4H10/c1-14-5-2-6-15(11-14)12-16-7-3-8-17-18(13-21-20(16)17)19-9-4-10-22-19;1-3-4-2/h2-11,13,17H,12H2,1H3;3-4H2,1-2H3. The molecule has 1 aliphatic heterocycles. The molecule has 4 rings (SSSR count). The van der Waals surface area contributed by atoms with Gasteiger partial charge in [0.1, 0.15) is 0 Å². The largest absolute Gasteiger partial charge is 0.260 e. The van der Waals surface area contributed by atoms with Crippen molar-refractivity contribution in [1.82, 2.24) is 0 Å². The maximum Gasteiger partial charge on any atom is 0.0552 e. The van der Waals surface area contributed by atoms with Crippen LogP contribution in [0.5, 0.6) is 0 Å².